The summed E-state index contributed by atoms with van der Waals surface area (Å²) >= 11 is 0. The molecule has 0 amide bonds. The van der Waals surface area contributed by atoms with Crippen LogP contribution >= 0.6 is 0 Å². The van der Waals surface area contributed by atoms with E-state index in [2.05, 4.69) is 20.8 Å². The number of fused-ring (bicyclic) bond motifs is 5. The van der Waals surface area contributed by atoms with E-state index < -0.39 is 6.17 Å². The fraction of sp³-hybridized carbons (Fsp3) is 0.818. The van der Waals surface area contributed by atoms with Gasteiger partial charge < -0.3 is 0 Å². The van der Waals surface area contributed by atoms with Crippen molar-refractivity contribution in [1.29, 1.82) is 0 Å². The highest BCUT2D eigenvalue weighted by molar-refractivity contribution is 5.91. The standard InChI is InChI=1S/C22H31FO2/c1-12-9-17-15-11-19(23)18-10-14(25)5-7-21(18,3)16(15)6-8-22(17,4)20(12)13(2)24/h10,12,15-17,19-20H,5-9,11H2,1-4H3/t12?,15-,16+,17+,19?,20-,21-,22+/m1/s1. The Balaban J connectivity index is 1.73. The van der Waals surface area contributed by atoms with Gasteiger partial charge in [-0.05, 0) is 85.2 Å². The molecular weight excluding hydrogens is 315 g/mol. The number of rotatable bonds is 1. The van der Waals surface area contributed by atoms with Gasteiger partial charge in [0.1, 0.15) is 12.0 Å². The number of Topliss-reactive ketones (excluding diaryl/α,β-unsaturated/α-hetero) is 1. The molecule has 4 aliphatic rings. The molecule has 0 aromatic rings. The van der Waals surface area contributed by atoms with Gasteiger partial charge in [-0.3, -0.25) is 9.59 Å². The van der Waals surface area contributed by atoms with Crippen molar-refractivity contribution in [2.24, 2.45) is 40.4 Å². The molecule has 0 aliphatic heterocycles. The maximum absolute atomic E-state index is 15.2. The lowest BCUT2D eigenvalue weighted by Gasteiger charge is -2.58. The van der Waals surface area contributed by atoms with E-state index in [1.807, 2.05) is 0 Å². The van der Waals surface area contributed by atoms with Gasteiger partial charge in [-0.1, -0.05) is 20.8 Å². The number of allylic oxidation sites excluding steroid dienone is 1. The molecule has 4 aliphatic carbocycles. The minimum absolute atomic E-state index is 0.0359. The van der Waals surface area contributed by atoms with Crippen molar-refractivity contribution in [3.05, 3.63) is 11.6 Å². The molecule has 4 rings (SSSR count). The van der Waals surface area contributed by atoms with Crippen LogP contribution in [0.3, 0.4) is 0 Å². The molecule has 8 atom stereocenters. The van der Waals surface area contributed by atoms with Crippen molar-refractivity contribution in [2.45, 2.75) is 72.4 Å². The van der Waals surface area contributed by atoms with Crippen LogP contribution in [0, 0.1) is 40.4 Å². The first-order valence-electron chi connectivity index (χ1n) is 10.1. The molecule has 3 fully saturated rings. The van der Waals surface area contributed by atoms with Crippen LogP contribution in [-0.4, -0.2) is 17.7 Å². The van der Waals surface area contributed by atoms with Crippen molar-refractivity contribution < 1.29 is 14.0 Å². The van der Waals surface area contributed by atoms with Gasteiger partial charge in [-0.25, -0.2) is 4.39 Å². The summed E-state index contributed by atoms with van der Waals surface area (Å²) < 4.78 is 15.2. The zero-order valence-electron chi connectivity index (χ0n) is 16.0. The van der Waals surface area contributed by atoms with Crippen LogP contribution in [0.5, 0.6) is 0 Å². The Morgan fingerprint density at radius 2 is 1.92 bits per heavy atom. The Morgan fingerprint density at radius 1 is 1.20 bits per heavy atom. The maximum Gasteiger partial charge on any atom is 0.155 e. The van der Waals surface area contributed by atoms with E-state index in [9.17, 15) is 9.59 Å². The number of hydrogen-bond donors (Lipinski definition) is 0. The second kappa shape index (κ2) is 5.50. The zero-order chi connectivity index (χ0) is 18.1. The lowest BCUT2D eigenvalue weighted by atomic mass is 9.46. The Labute approximate surface area is 150 Å². The lowest BCUT2D eigenvalue weighted by molar-refractivity contribution is -0.130. The number of alkyl halides is 1. The smallest absolute Gasteiger partial charge is 0.155 e. The number of halogens is 1. The monoisotopic (exact) mass is 346 g/mol. The second-order valence-electron chi connectivity index (χ2n) is 9.91. The van der Waals surface area contributed by atoms with Gasteiger partial charge in [0, 0.05) is 12.3 Å². The maximum atomic E-state index is 15.2. The number of carbonyl (C=O) groups is 2. The third kappa shape index (κ3) is 2.26. The largest absolute Gasteiger partial charge is 0.300 e. The van der Waals surface area contributed by atoms with Crippen LogP contribution in [0.1, 0.15) is 66.2 Å². The van der Waals surface area contributed by atoms with E-state index in [1.54, 1.807) is 13.0 Å². The van der Waals surface area contributed by atoms with E-state index in [4.69, 9.17) is 0 Å². The van der Waals surface area contributed by atoms with Crippen LogP contribution in [0.25, 0.3) is 0 Å². The minimum Gasteiger partial charge on any atom is -0.300 e. The molecule has 2 nitrogen and oxygen atoms in total. The van der Waals surface area contributed by atoms with Crippen LogP contribution < -0.4 is 0 Å². The fourth-order valence-electron chi connectivity index (χ4n) is 7.79. The van der Waals surface area contributed by atoms with Gasteiger partial charge in [0.2, 0.25) is 0 Å². The highest BCUT2D eigenvalue weighted by atomic mass is 19.1. The topological polar surface area (TPSA) is 34.1 Å². The molecule has 0 bridgehead atoms. The third-order valence-corrected chi connectivity index (χ3v) is 8.72. The molecular formula is C22H31FO2. The summed E-state index contributed by atoms with van der Waals surface area (Å²) in [6, 6.07) is 0. The van der Waals surface area contributed by atoms with Crippen molar-refractivity contribution in [3.63, 3.8) is 0 Å². The lowest BCUT2D eigenvalue weighted by Crippen LogP contribution is -2.53. The van der Waals surface area contributed by atoms with Crippen LogP contribution in [0.15, 0.2) is 11.6 Å². The molecule has 138 valence electrons. The normalized spacial score (nSPS) is 52.0. The van der Waals surface area contributed by atoms with E-state index >= 15 is 4.39 Å². The van der Waals surface area contributed by atoms with Gasteiger partial charge >= 0.3 is 0 Å². The first-order chi connectivity index (χ1) is 11.7. The van der Waals surface area contributed by atoms with Crippen LogP contribution in [0.2, 0.25) is 0 Å². The summed E-state index contributed by atoms with van der Waals surface area (Å²) in [5.41, 5.74) is 0.659. The molecule has 25 heavy (non-hydrogen) atoms. The van der Waals surface area contributed by atoms with Crippen molar-refractivity contribution in [2.75, 3.05) is 0 Å². The van der Waals surface area contributed by atoms with Crippen LogP contribution in [0.4, 0.5) is 4.39 Å². The second-order valence-corrected chi connectivity index (χ2v) is 9.91. The molecule has 0 aromatic carbocycles. The van der Waals surface area contributed by atoms with Gasteiger partial charge in [0.05, 0.1) is 0 Å². The Kier molecular flexibility index (Phi) is 3.84. The molecule has 3 heteroatoms. The first kappa shape index (κ1) is 17.4. The Bertz CT molecular complexity index is 652. The third-order valence-electron chi connectivity index (χ3n) is 8.72. The molecule has 0 aromatic heterocycles. The summed E-state index contributed by atoms with van der Waals surface area (Å²) in [6.07, 6.45) is 5.76. The van der Waals surface area contributed by atoms with Crippen LogP contribution in [-0.2, 0) is 9.59 Å². The highest BCUT2D eigenvalue weighted by Gasteiger charge is 2.62. The number of hydrogen-bond acceptors (Lipinski definition) is 2. The molecule has 0 saturated heterocycles. The van der Waals surface area contributed by atoms with Gasteiger partial charge in [0.15, 0.2) is 5.78 Å². The predicted molar refractivity (Wildman–Crippen MR) is 95.7 cm³/mol. The van der Waals surface area contributed by atoms with Crippen molar-refractivity contribution >= 4 is 11.6 Å². The average Bonchev–Trinajstić information content (AvgIpc) is 2.80. The van der Waals surface area contributed by atoms with Gasteiger partial charge in [0.25, 0.3) is 0 Å². The van der Waals surface area contributed by atoms with E-state index in [0.29, 0.717) is 42.3 Å². The number of ketones is 2. The van der Waals surface area contributed by atoms with Crippen molar-refractivity contribution in [1.82, 2.24) is 0 Å². The minimum atomic E-state index is -0.982. The molecule has 0 heterocycles. The Morgan fingerprint density at radius 3 is 2.60 bits per heavy atom. The van der Waals surface area contributed by atoms with Gasteiger partial charge in [-0.15, -0.1) is 0 Å². The molecule has 0 radical (unpaired) electrons. The zero-order valence-corrected chi connectivity index (χ0v) is 16.0. The highest BCUT2D eigenvalue weighted by Crippen LogP contribution is 2.67. The quantitative estimate of drug-likeness (QED) is 0.675. The van der Waals surface area contributed by atoms with E-state index in [-0.39, 0.29) is 22.5 Å². The fourth-order valence-corrected chi connectivity index (χ4v) is 7.79. The van der Waals surface area contributed by atoms with E-state index in [1.165, 1.54) is 0 Å². The van der Waals surface area contributed by atoms with E-state index in [0.717, 1.165) is 31.3 Å². The average molecular weight is 346 g/mol. The van der Waals surface area contributed by atoms with Crippen molar-refractivity contribution in [3.8, 4) is 0 Å². The molecule has 0 N–H and O–H groups in total. The van der Waals surface area contributed by atoms with Gasteiger partial charge in [-0.2, -0.15) is 0 Å². The molecule has 3 saturated carbocycles. The SMILES string of the molecule is CC(=O)[C@H]1C(C)C[C@H]2[C@@H]3CC(F)C4=CC(=O)CC[C@]4(C)[C@H]3CC[C@]12C. The predicted octanol–water partition coefficient (Wildman–Crippen LogP) is 4.92. The summed E-state index contributed by atoms with van der Waals surface area (Å²) in [7, 11) is 0. The summed E-state index contributed by atoms with van der Waals surface area (Å²) in [4.78, 5) is 24.2. The molecule has 2 unspecified atom stereocenters. The summed E-state index contributed by atoms with van der Waals surface area (Å²) in [5, 5.41) is 0. The summed E-state index contributed by atoms with van der Waals surface area (Å²) in [5.74, 6) is 2.23. The Hall–Kier alpha value is -0.990. The molecule has 0 spiro atoms. The summed E-state index contributed by atoms with van der Waals surface area (Å²) in [6.45, 7) is 8.47. The number of carbonyl (C=O) groups excluding carboxylic acids is 2. The first-order valence-corrected chi connectivity index (χ1v) is 10.1.